The van der Waals surface area contributed by atoms with Crippen molar-refractivity contribution in [2.24, 2.45) is 0 Å². The van der Waals surface area contributed by atoms with Crippen LogP contribution in [0.3, 0.4) is 0 Å². The summed E-state index contributed by atoms with van der Waals surface area (Å²) in [6.45, 7) is 3.69. The van der Waals surface area contributed by atoms with Crippen LogP contribution >= 0.6 is 0 Å². The first-order valence-corrected chi connectivity index (χ1v) is 6.22. The minimum absolute atomic E-state index is 0.252. The normalized spacial score (nSPS) is 18.9. The molecular formula is C14H19NO2. The number of rotatable bonds is 3. The van der Waals surface area contributed by atoms with Crippen LogP contribution in [0.4, 0.5) is 0 Å². The lowest BCUT2D eigenvalue weighted by molar-refractivity contribution is -0.125. The quantitative estimate of drug-likeness (QED) is 0.839. The van der Waals surface area contributed by atoms with Crippen molar-refractivity contribution in [3.63, 3.8) is 0 Å². The first kappa shape index (κ1) is 12.1. The molecule has 3 heteroatoms. The molecule has 1 saturated heterocycles. The number of phenols is 1. The number of benzene rings is 1. The number of Topliss-reactive ketones (excluding diaryl/α,β-unsaturated/α-hetero) is 1. The van der Waals surface area contributed by atoms with Crippen LogP contribution in [0.5, 0.6) is 5.75 Å². The van der Waals surface area contributed by atoms with E-state index in [0.717, 1.165) is 31.5 Å². The van der Waals surface area contributed by atoms with E-state index in [2.05, 4.69) is 5.32 Å². The van der Waals surface area contributed by atoms with Gasteiger partial charge in [0.1, 0.15) is 11.5 Å². The molecule has 92 valence electrons. The molecule has 0 bridgehead atoms. The molecule has 0 saturated carbocycles. The van der Waals surface area contributed by atoms with Gasteiger partial charge in [-0.1, -0.05) is 19.1 Å². The predicted octanol–water partition coefficient (Wildman–Crippen LogP) is 1.99. The molecule has 0 unspecified atom stereocenters. The van der Waals surface area contributed by atoms with E-state index in [-0.39, 0.29) is 11.2 Å². The average Bonchev–Trinajstić information content (AvgIpc) is 2.39. The fourth-order valence-corrected chi connectivity index (χ4v) is 2.70. The second-order valence-electron chi connectivity index (χ2n) is 4.66. The molecule has 0 amide bonds. The fraction of sp³-hybridized carbons (Fsp3) is 0.500. The first-order valence-electron chi connectivity index (χ1n) is 6.22. The van der Waals surface area contributed by atoms with Gasteiger partial charge in [-0.2, -0.15) is 0 Å². The van der Waals surface area contributed by atoms with Crippen molar-refractivity contribution < 1.29 is 9.90 Å². The lowest BCUT2D eigenvalue weighted by Crippen LogP contribution is -2.45. The third kappa shape index (κ3) is 2.20. The van der Waals surface area contributed by atoms with Crippen LogP contribution in [0.1, 0.15) is 31.7 Å². The Morgan fingerprint density at radius 3 is 2.41 bits per heavy atom. The number of carbonyl (C=O) groups is 1. The first-order chi connectivity index (χ1) is 8.19. The van der Waals surface area contributed by atoms with E-state index >= 15 is 0 Å². The zero-order chi connectivity index (χ0) is 12.3. The molecule has 2 rings (SSSR count). The monoisotopic (exact) mass is 233 g/mol. The average molecular weight is 233 g/mol. The molecule has 1 aliphatic rings. The smallest absolute Gasteiger partial charge is 0.143 e. The zero-order valence-electron chi connectivity index (χ0n) is 10.2. The Balaban J connectivity index is 2.38. The van der Waals surface area contributed by atoms with Crippen LogP contribution in [-0.2, 0) is 10.2 Å². The third-order valence-corrected chi connectivity index (χ3v) is 3.73. The van der Waals surface area contributed by atoms with E-state index in [1.165, 1.54) is 0 Å². The summed E-state index contributed by atoms with van der Waals surface area (Å²) in [7, 11) is 0. The van der Waals surface area contributed by atoms with Crippen molar-refractivity contribution >= 4 is 5.78 Å². The van der Waals surface area contributed by atoms with Crippen molar-refractivity contribution in [1.29, 1.82) is 0 Å². The van der Waals surface area contributed by atoms with E-state index in [9.17, 15) is 9.90 Å². The van der Waals surface area contributed by atoms with Crippen LogP contribution in [-0.4, -0.2) is 24.0 Å². The summed E-state index contributed by atoms with van der Waals surface area (Å²) in [4.78, 5) is 12.3. The highest BCUT2D eigenvalue weighted by Gasteiger charge is 2.39. The Morgan fingerprint density at radius 2 is 1.88 bits per heavy atom. The van der Waals surface area contributed by atoms with Gasteiger partial charge in [0.2, 0.25) is 0 Å². The summed E-state index contributed by atoms with van der Waals surface area (Å²) in [5.41, 5.74) is 0.705. The summed E-state index contributed by atoms with van der Waals surface area (Å²) in [5.74, 6) is 0.562. The van der Waals surface area contributed by atoms with Gasteiger partial charge in [-0.25, -0.2) is 0 Å². The Kier molecular flexibility index (Phi) is 3.48. The van der Waals surface area contributed by atoms with Gasteiger partial charge in [0, 0.05) is 6.42 Å². The molecule has 1 fully saturated rings. The van der Waals surface area contributed by atoms with Crippen LogP contribution < -0.4 is 5.32 Å². The number of nitrogens with one attached hydrogen (secondary N) is 1. The molecule has 1 aromatic carbocycles. The van der Waals surface area contributed by atoms with Gasteiger partial charge in [-0.05, 0) is 43.6 Å². The largest absolute Gasteiger partial charge is 0.508 e. The number of phenolic OH excluding ortho intramolecular Hbond substituents is 1. The maximum absolute atomic E-state index is 12.3. The number of hydrogen-bond donors (Lipinski definition) is 2. The Labute approximate surface area is 102 Å². The fourth-order valence-electron chi connectivity index (χ4n) is 2.70. The Hall–Kier alpha value is -1.35. The molecule has 2 N–H and O–H groups in total. The number of piperidine rings is 1. The van der Waals surface area contributed by atoms with Crippen molar-refractivity contribution in [2.75, 3.05) is 13.1 Å². The van der Waals surface area contributed by atoms with E-state index in [1.807, 2.05) is 19.1 Å². The molecule has 0 radical (unpaired) electrons. The van der Waals surface area contributed by atoms with E-state index in [1.54, 1.807) is 12.1 Å². The minimum atomic E-state index is -0.340. The molecular weight excluding hydrogens is 214 g/mol. The number of ketones is 1. The topological polar surface area (TPSA) is 49.3 Å². The second kappa shape index (κ2) is 4.88. The van der Waals surface area contributed by atoms with Crippen LogP contribution in [0.25, 0.3) is 0 Å². The van der Waals surface area contributed by atoms with Gasteiger partial charge in [-0.3, -0.25) is 4.79 Å². The molecule has 17 heavy (non-hydrogen) atoms. The number of carbonyl (C=O) groups excluding carboxylic acids is 1. The lowest BCUT2D eigenvalue weighted by atomic mass is 9.69. The second-order valence-corrected chi connectivity index (χ2v) is 4.66. The van der Waals surface area contributed by atoms with Crippen LogP contribution in [0, 0.1) is 0 Å². The van der Waals surface area contributed by atoms with Crippen molar-refractivity contribution in [3.05, 3.63) is 29.8 Å². The summed E-state index contributed by atoms with van der Waals surface area (Å²) < 4.78 is 0. The summed E-state index contributed by atoms with van der Waals surface area (Å²) in [6.07, 6.45) is 2.27. The van der Waals surface area contributed by atoms with Gasteiger partial charge in [0.25, 0.3) is 0 Å². The highest BCUT2D eigenvalue weighted by molar-refractivity contribution is 5.90. The van der Waals surface area contributed by atoms with Crippen LogP contribution in [0.15, 0.2) is 24.3 Å². The van der Waals surface area contributed by atoms with Gasteiger partial charge < -0.3 is 10.4 Å². The molecule has 0 aliphatic carbocycles. The van der Waals surface area contributed by atoms with E-state index in [0.29, 0.717) is 12.2 Å². The van der Waals surface area contributed by atoms with Gasteiger partial charge in [0.05, 0.1) is 5.41 Å². The lowest BCUT2D eigenvalue weighted by Gasteiger charge is -2.36. The summed E-state index contributed by atoms with van der Waals surface area (Å²) >= 11 is 0. The maximum Gasteiger partial charge on any atom is 0.143 e. The minimum Gasteiger partial charge on any atom is -0.508 e. The Bertz CT molecular complexity index is 391. The molecule has 0 aromatic heterocycles. The van der Waals surface area contributed by atoms with E-state index < -0.39 is 0 Å². The van der Waals surface area contributed by atoms with Gasteiger partial charge >= 0.3 is 0 Å². The summed E-state index contributed by atoms with van der Waals surface area (Å²) in [6, 6.07) is 7.10. The van der Waals surface area contributed by atoms with E-state index in [4.69, 9.17) is 0 Å². The molecule has 1 aromatic rings. The Morgan fingerprint density at radius 1 is 1.29 bits per heavy atom. The highest BCUT2D eigenvalue weighted by Crippen LogP contribution is 2.36. The SMILES string of the molecule is CCC(=O)C1(c2ccc(O)cc2)CCNCC1. The number of aromatic hydroxyl groups is 1. The molecule has 1 heterocycles. The number of hydrogen-bond acceptors (Lipinski definition) is 3. The highest BCUT2D eigenvalue weighted by atomic mass is 16.3. The standard InChI is InChI=1S/C14H19NO2/c1-2-13(17)14(7-9-15-10-8-14)11-3-5-12(16)6-4-11/h3-6,15-16H,2,7-10H2,1H3. The molecule has 0 atom stereocenters. The third-order valence-electron chi connectivity index (χ3n) is 3.73. The summed E-state index contributed by atoms with van der Waals surface area (Å²) in [5, 5.41) is 12.6. The maximum atomic E-state index is 12.3. The van der Waals surface area contributed by atoms with Crippen LogP contribution in [0.2, 0.25) is 0 Å². The van der Waals surface area contributed by atoms with Crippen molar-refractivity contribution in [3.8, 4) is 5.75 Å². The van der Waals surface area contributed by atoms with Gasteiger partial charge in [-0.15, -0.1) is 0 Å². The molecule has 3 nitrogen and oxygen atoms in total. The van der Waals surface area contributed by atoms with Crippen molar-refractivity contribution in [2.45, 2.75) is 31.6 Å². The molecule has 0 spiro atoms. The zero-order valence-corrected chi connectivity index (χ0v) is 10.2. The van der Waals surface area contributed by atoms with Crippen molar-refractivity contribution in [1.82, 2.24) is 5.32 Å². The molecule has 1 aliphatic heterocycles. The van der Waals surface area contributed by atoms with Gasteiger partial charge in [0.15, 0.2) is 0 Å². The predicted molar refractivity (Wildman–Crippen MR) is 67.2 cm³/mol.